The molecule has 0 aliphatic rings. The number of aromatic nitrogens is 2. The predicted molar refractivity (Wildman–Crippen MR) is 86.6 cm³/mol. The van der Waals surface area contributed by atoms with E-state index in [9.17, 15) is 0 Å². The molecule has 0 saturated carbocycles. The summed E-state index contributed by atoms with van der Waals surface area (Å²) < 4.78 is 2.25. The molecule has 0 fully saturated rings. The molecule has 106 valence electrons. The van der Waals surface area contributed by atoms with Crippen molar-refractivity contribution in [3.05, 3.63) is 89.0 Å². The molecule has 0 aliphatic carbocycles. The first-order valence-corrected chi connectivity index (χ1v) is 7.28. The van der Waals surface area contributed by atoms with Gasteiger partial charge in [-0.3, -0.25) is 0 Å². The fourth-order valence-electron chi connectivity index (χ4n) is 2.90. The lowest BCUT2D eigenvalue weighted by Gasteiger charge is -2.24. The Kier molecular flexibility index (Phi) is 3.61. The van der Waals surface area contributed by atoms with E-state index in [1.807, 2.05) is 12.5 Å². The highest BCUT2D eigenvalue weighted by Crippen LogP contribution is 2.31. The average Bonchev–Trinajstić information content (AvgIpc) is 2.89. The minimum absolute atomic E-state index is 0.176. The molecule has 1 aromatic heterocycles. The number of rotatable bonds is 3. The SMILES string of the molecule is Cc1ccccc1C(c1ccccc1C)n1cncc1C. The number of imidazole rings is 1. The number of hydrogen-bond acceptors (Lipinski definition) is 1. The van der Waals surface area contributed by atoms with Crippen LogP contribution < -0.4 is 0 Å². The zero-order chi connectivity index (χ0) is 14.8. The maximum Gasteiger partial charge on any atom is 0.0956 e. The van der Waals surface area contributed by atoms with E-state index in [2.05, 4.69) is 78.9 Å². The molecule has 2 nitrogen and oxygen atoms in total. The van der Waals surface area contributed by atoms with Gasteiger partial charge in [0.05, 0.1) is 12.4 Å². The Balaban J connectivity index is 2.24. The standard InChI is InChI=1S/C19H20N2/c1-14-8-4-6-10-17(14)19(21-13-20-12-16(21)3)18-11-7-5-9-15(18)2/h4-13,19H,1-3H3. The van der Waals surface area contributed by atoms with Crippen LogP contribution in [0, 0.1) is 20.8 Å². The normalized spacial score (nSPS) is 11.0. The number of nitrogens with zero attached hydrogens (tertiary/aromatic N) is 2. The maximum atomic E-state index is 4.32. The van der Waals surface area contributed by atoms with Crippen LogP contribution in [0.2, 0.25) is 0 Å². The van der Waals surface area contributed by atoms with Crippen molar-refractivity contribution >= 4 is 0 Å². The molecule has 1 heterocycles. The lowest BCUT2D eigenvalue weighted by molar-refractivity contribution is 0.652. The molecule has 0 radical (unpaired) electrons. The summed E-state index contributed by atoms with van der Waals surface area (Å²) in [4.78, 5) is 4.32. The van der Waals surface area contributed by atoms with Gasteiger partial charge in [0.2, 0.25) is 0 Å². The predicted octanol–water partition coefficient (Wildman–Crippen LogP) is 4.45. The van der Waals surface area contributed by atoms with E-state index in [1.54, 1.807) is 0 Å². The van der Waals surface area contributed by atoms with Crippen molar-refractivity contribution in [3.63, 3.8) is 0 Å². The topological polar surface area (TPSA) is 17.8 Å². The third-order valence-electron chi connectivity index (χ3n) is 4.10. The molecular weight excluding hydrogens is 256 g/mol. The Morgan fingerprint density at radius 1 is 0.810 bits per heavy atom. The molecule has 0 spiro atoms. The molecule has 3 aromatic rings. The molecule has 0 atom stereocenters. The summed E-state index contributed by atoms with van der Waals surface area (Å²) in [5.41, 5.74) is 6.44. The Morgan fingerprint density at radius 2 is 1.33 bits per heavy atom. The third kappa shape index (κ3) is 2.49. The van der Waals surface area contributed by atoms with Crippen molar-refractivity contribution in [2.24, 2.45) is 0 Å². The van der Waals surface area contributed by atoms with Gasteiger partial charge in [-0.2, -0.15) is 0 Å². The van der Waals surface area contributed by atoms with Crippen molar-refractivity contribution in [2.75, 3.05) is 0 Å². The molecule has 2 heteroatoms. The largest absolute Gasteiger partial charge is 0.323 e. The van der Waals surface area contributed by atoms with Gasteiger partial charge in [0.25, 0.3) is 0 Å². The van der Waals surface area contributed by atoms with Crippen molar-refractivity contribution in [1.82, 2.24) is 9.55 Å². The zero-order valence-electron chi connectivity index (χ0n) is 12.7. The van der Waals surface area contributed by atoms with Crippen molar-refractivity contribution < 1.29 is 0 Å². The zero-order valence-corrected chi connectivity index (χ0v) is 12.7. The molecule has 0 bridgehead atoms. The fraction of sp³-hybridized carbons (Fsp3) is 0.211. The first kappa shape index (κ1) is 13.6. The fourth-order valence-corrected chi connectivity index (χ4v) is 2.90. The minimum atomic E-state index is 0.176. The van der Waals surface area contributed by atoms with E-state index < -0.39 is 0 Å². The second-order valence-electron chi connectivity index (χ2n) is 5.56. The summed E-state index contributed by atoms with van der Waals surface area (Å²) in [5, 5.41) is 0. The van der Waals surface area contributed by atoms with Crippen LogP contribution in [0.4, 0.5) is 0 Å². The van der Waals surface area contributed by atoms with Crippen LogP contribution in [-0.2, 0) is 0 Å². The van der Waals surface area contributed by atoms with Crippen molar-refractivity contribution in [2.45, 2.75) is 26.8 Å². The Bertz CT molecular complexity index is 710. The summed E-state index contributed by atoms with van der Waals surface area (Å²) in [6.07, 6.45) is 3.85. The van der Waals surface area contributed by atoms with Gasteiger partial charge in [0.15, 0.2) is 0 Å². The van der Waals surface area contributed by atoms with E-state index >= 15 is 0 Å². The molecule has 21 heavy (non-hydrogen) atoms. The number of aryl methyl sites for hydroxylation is 3. The summed E-state index contributed by atoms with van der Waals surface area (Å²) in [6, 6.07) is 17.4. The van der Waals surface area contributed by atoms with Crippen LogP contribution in [-0.4, -0.2) is 9.55 Å². The molecule has 3 rings (SSSR count). The van der Waals surface area contributed by atoms with Gasteiger partial charge >= 0.3 is 0 Å². The molecule has 2 aromatic carbocycles. The van der Waals surface area contributed by atoms with E-state index in [0.29, 0.717) is 0 Å². The smallest absolute Gasteiger partial charge is 0.0956 e. The first-order chi connectivity index (χ1) is 10.2. The van der Waals surface area contributed by atoms with E-state index in [-0.39, 0.29) is 6.04 Å². The molecule has 0 saturated heterocycles. The highest BCUT2D eigenvalue weighted by atomic mass is 15.1. The second kappa shape index (κ2) is 5.57. The Hall–Kier alpha value is -2.35. The molecule has 0 amide bonds. The highest BCUT2D eigenvalue weighted by Gasteiger charge is 2.20. The van der Waals surface area contributed by atoms with E-state index in [0.717, 1.165) is 0 Å². The summed E-state index contributed by atoms with van der Waals surface area (Å²) in [5.74, 6) is 0. The average molecular weight is 276 g/mol. The molecule has 0 N–H and O–H groups in total. The van der Waals surface area contributed by atoms with Crippen LogP contribution in [0.1, 0.15) is 34.0 Å². The maximum absolute atomic E-state index is 4.32. The van der Waals surface area contributed by atoms with E-state index in [1.165, 1.54) is 27.9 Å². The quantitative estimate of drug-likeness (QED) is 0.691. The van der Waals surface area contributed by atoms with Gasteiger partial charge in [-0.25, -0.2) is 4.98 Å². The second-order valence-corrected chi connectivity index (χ2v) is 5.56. The Labute approximate surface area is 126 Å². The van der Waals surface area contributed by atoms with Gasteiger partial charge in [0, 0.05) is 11.9 Å². The summed E-state index contributed by atoms with van der Waals surface area (Å²) in [6.45, 7) is 6.45. The van der Waals surface area contributed by atoms with Crippen molar-refractivity contribution in [3.8, 4) is 0 Å². The summed E-state index contributed by atoms with van der Waals surface area (Å²) >= 11 is 0. The van der Waals surface area contributed by atoms with Gasteiger partial charge in [-0.15, -0.1) is 0 Å². The van der Waals surface area contributed by atoms with Gasteiger partial charge in [0.1, 0.15) is 0 Å². The van der Waals surface area contributed by atoms with Crippen LogP contribution in [0.5, 0.6) is 0 Å². The summed E-state index contributed by atoms with van der Waals surface area (Å²) in [7, 11) is 0. The van der Waals surface area contributed by atoms with Crippen LogP contribution >= 0.6 is 0 Å². The van der Waals surface area contributed by atoms with Gasteiger partial charge in [-0.1, -0.05) is 48.5 Å². The van der Waals surface area contributed by atoms with Crippen molar-refractivity contribution in [1.29, 1.82) is 0 Å². The van der Waals surface area contributed by atoms with Crippen LogP contribution in [0.3, 0.4) is 0 Å². The number of hydrogen-bond donors (Lipinski definition) is 0. The van der Waals surface area contributed by atoms with Gasteiger partial charge < -0.3 is 4.57 Å². The molecule has 0 unspecified atom stereocenters. The molecule has 0 aliphatic heterocycles. The van der Waals surface area contributed by atoms with E-state index in [4.69, 9.17) is 0 Å². The lowest BCUT2D eigenvalue weighted by atomic mass is 9.92. The van der Waals surface area contributed by atoms with Crippen LogP contribution in [0.15, 0.2) is 61.1 Å². The Morgan fingerprint density at radius 3 is 1.76 bits per heavy atom. The number of benzene rings is 2. The van der Waals surface area contributed by atoms with Crippen LogP contribution in [0.25, 0.3) is 0 Å². The minimum Gasteiger partial charge on any atom is -0.323 e. The van der Waals surface area contributed by atoms with Gasteiger partial charge in [-0.05, 0) is 43.0 Å². The molecular formula is C19H20N2. The third-order valence-corrected chi connectivity index (χ3v) is 4.10. The highest BCUT2D eigenvalue weighted by molar-refractivity contribution is 5.41. The monoisotopic (exact) mass is 276 g/mol. The first-order valence-electron chi connectivity index (χ1n) is 7.28. The lowest BCUT2D eigenvalue weighted by Crippen LogP contribution is -2.15.